The molecule has 0 aliphatic rings. The van der Waals surface area contributed by atoms with Gasteiger partial charge in [0, 0.05) is 5.02 Å². The smallest absolute Gasteiger partial charge is 0.325 e. The number of rotatable bonds is 6. The Morgan fingerprint density at radius 1 is 0.741 bits per heavy atom. The molecule has 0 aliphatic heterocycles. The normalized spacial score (nSPS) is 11.8. The summed E-state index contributed by atoms with van der Waals surface area (Å²) in [6.45, 7) is 0. The van der Waals surface area contributed by atoms with Crippen LogP contribution in [-0.4, -0.2) is 17.0 Å². The highest BCUT2D eigenvalue weighted by atomic mass is 35.5. The molecular weight excluding hydrogens is 364 g/mol. The lowest BCUT2D eigenvalue weighted by Crippen LogP contribution is -2.25. The molecule has 0 aliphatic carbocycles. The molecule has 0 spiro atoms. The number of aliphatic carboxylic acids is 1. The molecule has 0 aromatic heterocycles. The molecule has 0 heterocycles. The molecule has 3 aromatic carbocycles. The number of benzene rings is 3. The summed E-state index contributed by atoms with van der Waals surface area (Å²) < 4.78 is 5.68. The Labute approximate surface area is 162 Å². The summed E-state index contributed by atoms with van der Waals surface area (Å²) in [6.07, 6.45) is -0.700. The average Bonchev–Trinajstić information content (AvgIpc) is 2.69. The van der Waals surface area contributed by atoms with Gasteiger partial charge in [-0.1, -0.05) is 84.4 Å². The zero-order chi connectivity index (χ0) is 19.2. The summed E-state index contributed by atoms with van der Waals surface area (Å²) in [6, 6.07) is 24.6. The minimum Gasteiger partial charge on any atom is -0.480 e. The molecule has 1 atom stereocenters. The van der Waals surface area contributed by atoms with E-state index in [1.54, 1.807) is 12.1 Å². The van der Waals surface area contributed by atoms with Gasteiger partial charge < -0.3 is 9.84 Å². The van der Waals surface area contributed by atoms with Crippen molar-refractivity contribution in [1.82, 2.24) is 0 Å². The SMILES string of the molecule is O=C(O)C(C(=O)OC(c1ccccc1)c1ccccc1)c1ccc(Cl)cc1. The Morgan fingerprint density at radius 2 is 1.22 bits per heavy atom. The molecule has 0 bridgehead atoms. The van der Waals surface area contributed by atoms with Crippen LogP contribution in [0, 0.1) is 0 Å². The van der Waals surface area contributed by atoms with Crippen molar-refractivity contribution in [2.75, 3.05) is 0 Å². The van der Waals surface area contributed by atoms with Gasteiger partial charge in [0.2, 0.25) is 0 Å². The minimum atomic E-state index is -1.43. The summed E-state index contributed by atoms with van der Waals surface area (Å²) >= 11 is 5.86. The molecule has 1 unspecified atom stereocenters. The van der Waals surface area contributed by atoms with Crippen molar-refractivity contribution < 1.29 is 19.4 Å². The first kappa shape index (κ1) is 18.7. The van der Waals surface area contributed by atoms with Gasteiger partial charge >= 0.3 is 11.9 Å². The number of ether oxygens (including phenoxy) is 1. The van der Waals surface area contributed by atoms with Crippen LogP contribution in [0.1, 0.15) is 28.7 Å². The zero-order valence-electron chi connectivity index (χ0n) is 14.3. The first-order valence-corrected chi connectivity index (χ1v) is 8.72. The molecule has 0 radical (unpaired) electrons. The first-order chi connectivity index (χ1) is 13.1. The molecule has 5 heteroatoms. The van der Waals surface area contributed by atoms with Crippen LogP contribution in [-0.2, 0) is 14.3 Å². The average molecular weight is 381 g/mol. The summed E-state index contributed by atoms with van der Waals surface area (Å²) in [7, 11) is 0. The Kier molecular flexibility index (Phi) is 5.89. The second-order valence-electron chi connectivity index (χ2n) is 5.96. The van der Waals surface area contributed by atoms with Gasteiger partial charge in [-0.15, -0.1) is 0 Å². The second-order valence-corrected chi connectivity index (χ2v) is 6.40. The van der Waals surface area contributed by atoms with Gasteiger partial charge in [-0.05, 0) is 28.8 Å². The van der Waals surface area contributed by atoms with E-state index >= 15 is 0 Å². The third kappa shape index (κ3) is 4.54. The number of hydrogen-bond acceptors (Lipinski definition) is 3. The van der Waals surface area contributed by atoms with E-state index in [4.69, 9.17) is 16.3 Å². The topological polar surface area (TPSA) is 63.6 Å². The fraction of sp³-hybridized carbons (Fsp3) is 0.0909. The molecule has 3 aromatic rings. The fourth-order valence-corrected chi connectivity index (χ4v) is 2.93. The number of carboxylic acids is 1. The Hall–Kier alpha value is -3.11. The van der Waals surface area contributed by atoms with Crippen molar-refractivity contribution in [3.05, 3.63) is 107 Å². The Balaban J connectivity index is 1.93. The lowest BCUT2D eigenvalue weighted by molar-refractivity contribution is -0.156. The molecule has 27 heavy (non-hydrogen) atoms. The first-order valence-electron chi connectivity index (χ1n) is 8.35. The number of carbonyl (C=O) groups excluding carboxylic acids is 1. The number of carbonyl (C=O) groups is 2. The lowest BCUT2D eigenvalue weighted by atomic mass is 9.98. The van der Waals surface area contributed by atoms with E-state index in [0.717, 1.165) is 11.1 Å². The molecule has 136 valence electrons. The molecule has 0 amide bonds. The third-order valence-corrected chi connectivity index (χ3v) is 4.38. The van der Waals surface area contributed by atoms with Gasteiger partial charge in [0.15, 0.2) is 12.0 Å². The van der Waals surface area contributed by atoms with Crippen molar-refractivity contribution in [3.63, 3.8) is 0 Å². The van der Waals surface area contributed by atoms with Crippen molar-refractivity contribution in [1.29, 1.82) is 0 Å². The van der Waals surface area contributed by atoms with E-state index in [1.165, 1.54) is 12.1 Å². The van der Waals surface area contributed by atoms with E-state index in [2.05, 4.69) is 0 Å². The largest absolute Gasteiger partial charge is 0.480 e. The van der Waals surface area contributed by atoms with Crippen molar-refractivity contribution in [2.24, 2.45) is 0 Å². The summed E-state index contributed by atoms with van der Waals surface area (Å²) in [5.74, 6) is -3.54. The molecule has 4 nitrogen and oxygen atoms in total. The van der Waals surface area contributed by atoms with Gasteiger partial charge in [-0.25, -0.2) is 0 Å². The number of carboxylic acid groups (broad SMARTS) is 1. The predicted molar refractivity (Wildman–Crippen MR) is 103 cm³/mol. The molecule has 3 rings (SSSR count). The van der Waals surface area contributed by atoms with Crippen LogP contribution < -0.4 is 0 Å². The quantitative estimate of drug-likeness (QED) is 0.491. The fourth-order valence-electron chi connectivity index (χ4n) is 2.80. The lowest BCUT2D eigenvalue weighted by Gasteiger charge is -2.21. The van der Waals surface area contributed by atoms with Crippen LogP contribution in [0.15, 0.2) is 84.9 Å². The Bertz CT molecular complexity index is 869. The maximum absolute atomic E-state index is 12.8. The summed E-state index contributed by atoms with van der Waals surface area (Å²) in [5.41, 5.74) is 1.84. The highest BCUT2D eigenvalue weighted by Gasteiger charge is 2.32. The molecule has 0 saturated carbocycles. The molecule has 0 fully saturated rings. The van der Waals surface area contributed by atoms with E-state index in [1.807, 2.05) is 60.7 Å². The number of halogens is 1. The molecular formula is C22H17ClO4. The molecule has 0 saturated heterocycles. The summed E-state index contributed by atoms with van der Waals surface area (Å²) in [5, 5.41) is 10.0. The van der Waals surface area contributed by atoms with Crippen LogP contribution in [0.3, 0.4) is 0 Å². The van der Waals surface area contributed by atoms with Gasteiger partial charge in [0.05, 0.1) is 0 Å². The van der Waals surface area contributed by atoms with Crippen LogP contribution in [0.4, 0.5) is 0 Å². The Morgan fingerprint density at radius 3 is 1.67 bits per heavy atom. The van der Waals surface area contributed by atoms with E-state index < -0.39 is 24.0 Å². The van der Waals surface area contributed by atoms with Crippen molar-refractivity contribution in [3.8, 4) is 0 Å². The third-order valence-electron chi connectivity index (χ3n) is 4.12. The number of esters is 1. The van der Waals surface area contributed by atoms with Gasteiger partial charge in [0.1, 0.15) is 0 Å². The summed E-state index contributed by atoms with van der Waals surface area (Å²) in [4.78, 5) is 24.5. The van der Waals surface area contributed by atoms with E-state index in [-0.39, 0.29) is 0 Å². The monoisotopic (exact) mass is 380 g/mol. The van der Waals surface area contributed by atoms with Gasteiger partial charge in [-0.3, -0.25) is 9.59 Å². The van der Waals surface area contributed by atoms with Gasteiger partial charge in [-0.2, -0.15) is 0 Å². The maximum atomic E-state index is 12.8. The van der Waals surface area contributed by atoms with Crippen molar-refractivity contribution in [2.45, 2.75) is 12.0 Å². The van der Waals surface area contributed by atoms with Crippen LogP contribution in [0.5, 0.6) is 0 Å². The number of hydrogen-bond donors (Lipinski definition) is 1. The maximum Gasteiger partial charge on any atom is 0.325 e. The molecule has 1 N–H and O–H groups in total. The van der Waals surface area contributed by atoms with E-state index in [9.17, 15) is 14.7 Å². The van der Waals surface area contributed by atoms with Crippen LogP contribution >= 0.6 is 11.6 Å². The standard InChI is InChI=1S/C22H17ClO4/c23-18-13-11-15(12-14-18)19(21(24)25)22(26)27-20(16-7-3-1-4-8-16)17-9-5-2-6-10-17/h1-14,19-20H,(H,24,25). The van der Waals surface area contributed by atoms with E-state index in [0.29, 0.717) is 10.6 Å². The predicted octanol–water partition coefficient (Wildman–Crippen LogP) is 4.84. The zero-order valence-corrected chi connectivity index (χ0v) is 15.0. The van der Waals surface area contributed by atoms with Crippen LogP contribution in [0.25, 0.3) is 0 Å². The van der Waals surface area contributed by atoms with Crippen molar-refractivity contribution >= 4 is 23.5 Å². The minimum absolute atomic E-state index is 0.316. The van der Waals surface area contributed by atoms with Crippen LogP contribution in [0.2, 0.25) is 5.02 Å². The highest BCUT2D eigenvalue weighted by molar-refractivity contribution is 6.30. The van der Waals surface area contributed by atoms with Gasteiger partial charge in [0.25, 0.3) is 0 Å². The second kappa shape index (κ2) is 8.52. The highest BCUT2D eigenvalue weighted by Crippen LogP contribution is 2.29.